The quantitative estimate of drug-likeness (QED) is 0.441. The molecular formula is C23H17F2N3O3. The van der Waals surface area contributed by atoms with Gasteiger partial charge in [0.25, 0.3) is 5.91 Å². The van der Waals surface area contributed by atoms with Crippen LogP contribution in [-0.4, -0.2) is 22.7 Å². The molecule has 3 aromatic carbocycles. The number of carbonyl (C=O) groups excluding carboxylic acids is 1. The minimum absolute atomic E-state index is 0.114. The van der Waals surface area contributed by atoms with E-state index in [0.717, 1.165) is 11.1 Å². The summed E-state index contributed by atoms with van der Waals surface area (Å²) in [6.45, 7) is -0.998. The molecule has 1 heterocycles. The van der Waals surface area contributed by atoms with Crippen LogP contribution in [0.5, 0.6) is 5.75 Å². The lowest BCUT2D eigenvalue weighted by molar-refractivity contribution is -0.0493. The maximum Gasteiger partial charge on any atom is 0.387 e. The Bertz CT molecular complexity index is 1190. The van der Waals surface area contributed by atoms with Crippen molar-refractivity contribution in [2.75, 3.05) is 5.32 Å². The van der Waals surface area contributed by atoms with E-state index >= 15 is 0 Å². The van der Waals surface area contributed by atoms with Crippen molar-refractivity contribution < 1.29 is 22.7 Å². The number of nitrogens with one attached hydrogen (secondary N) is 1. The monoisotopic (exact) mass is 421 g/mol. The molecule has 0 saturated carbocycles. The lowest BCUT2D eigenvalue weighted by Gasteiger charge is -2.11. The maximum absolute atomic E-state index is 12.5. The van der Waals surface area contributed by atoms with E-state index in [4.69, 9.17) is 4.42 Å². The SMILES string of the molecule is Cc1ccc(-c2nnc(-c3ccc(C(=O)Nc4ccccc4OC(F)F)cc3)o2)cc1. The number of carbonyl (C=O) groups is 1. The highest BCUT2D eigenvalue weighted by atomic mass is 19.3. The molecule has 4 rings (SSSR count). The van der Waals surface area contributed by atoms with E-state index < -0.39 is 12.5 Å². The van der Waals surface area contributed by atoms with Gasteiger partial charge in [-0.05, 0) is 55.5 Å². The zero-order chi connectivity index (χ0) is 21.8. The van der Waals surface area contributed by atoms with Crippen LogP contribution in [-0.2, 0) is 0 Å². The number of halogens is 2. The third kappa shape index (κ3) is 4.75. The average Bonchev–Trinajstić information content (AvgIpc) is 3.26. The van der Waals surface area contributed by atoms with E-state index in [-0.39, 0.29) is 11.4 Å². The minimum atomic E-state index is -2.99. The third-order valence-corrected chi connectivity index (χ3v) is 4.47. The second-order valence-corrected chi connectivity index (χ2v) is 6.68. The summed E-state index contributed by atoms with van der Waals surface area (Å²) in [7, 11) is 0. The van der Waals surface area contributed by atoms with Crippen LogP contribution in [0.3, 0.4) is 0 Å². The van der Waals surface area contributed by atoms with Crippen molar-refractivity contribution in [3.8, 4) is 28.7 Å². The second-order valence-electron chi connectivity index (χ2n) is 6.68. The zero-order valence-corrected chi connectivity index (χ0v) is 16.4. The predicted molar refractivity (Wildman–Crippen MR) is 111 cm³/mol. The van der Waals surface area contributed by atoms with Crippen molar-refractivity contribution in [2.45, 2.75) is 13.5 Å². The van der Waals surface area contributed by atoms with Crippen molar-refractivity contribution >= 4 is 11.6 Å². The van der Waals surface area contributed by atoms with E-state index in [9.17, 15) is 13.6 Å². The molecule has 0 unspecified atom stereocenters. The molecule has 0 atom stereocenters. The number of aryl methyl sites for hydroxylation is 1. The molecule has 4 aromatic rings. The zero-order valence-electron chi connectivity index (χ0n) is 16.4. The summed E-state index contributed by atoms with van der Waals surface area (Å²) in [4.78, 5) is 12.5. The number of aromatic nitrogens is 2. The summed E-state index contributed by atoms with van der Waals surface area (Å²) in [5, 5.41) is 10.7. The highest BCUT2D eigenvalue weighted by molar-refractivity contribution is 6.05. The first-order valence-electron chi connectivity index (χ1n) is 9.36. The van der Waals surface area contributed by atoms with Crippen LogP contribution < -0.4 is 10.1 Å². The van der Waals surface area contributed by atoms with Crippen LogP contribution >= 0.6 is 0 Å². The van der Waals surface area contributed by atoms with Gasteiger partial charge < -0.3 is 14.5 Å². The molecule has 0 aliphatic carbocycles. The number of para-hydroxylation sites is 2. The Labute approximate surface area is 176 Å². The van der Waals surface area contributed by atoms with E-state index in [1.54, 1.807) is 30.3 Å². The Hall–Kier alpha value is -4.07. The Morgan fingerprint density at radius 1 is 0.903 bits per heavy atom. The highest BCUT2D eigenvalue weighted by Crippen LogP contribution is 2.27. The predicted octanol–water partition coefficient (Wildman–Crippen LogP) is 5.57. The first-order chi connectivity index (χ1) is 15.0. The molecule has 0 spiro atoms. The molecular weight excluding hydrogens is 404 g/mol. The second kappa shape index (κ2) is 8.74. The lowest BCUT2D eigenvalue weighted by Crippen LogP contribution is -2.13. The molecule has 0 radical (unpaired) electrons. The van der Waals surface area contributed by atoms with Crippen molar-refractivity contribution in [1.29, 1.82) is 0 Å². The number of amides is 1. The molecule has 1 amide bonds. The number of hydrogen-bond donors (Lipinski definition) is 1. The molecule has 0 fully saturated rings. The third-order valence-electron chi connectivity index (χ3n) is 4.47. The first kappa shape index (κ1) is 20.2. The summed E-state index contributed by atoms with van der Waals surface area (Å²) in [5.41, 5.74) is 3.06. The van der Waals surface area contributed by atoms with Crippen molar-refractivity contribution in [3.05, 3.63) is 83.9 Å². The largest absolute Gasteiger partial charge is 0.433 e. The van der Waals surface area contributed by atoms with Crippen LogP contribution in [0, 0.1) is 6.92 Å². The van der Waals surface area contributed by atoms with E-state index in [2.05, 4.69) is 20.3 Å². The van der Waals surface area contributed by atoms with Gasteiger partial charge >= 0.3 is 6.61 Å². The fourth-order valence-electron chi connectivity index (χ4n) is 2.88. The van der Waals surface area contributed by atoms with E-state index in [0.29, 0.717) is 22.9 Å². The molecule has 6 nitrogen and oxygen atoms in total. The van der Waals surface area contributed by atoms with Gasteiger partial charge in [0.15, 0.2) is 0 Å². The van der Waals surface area contributed by atoms with Crippen LogP contribution in [0.2, 0.25) is 0 Å². The van der Waals surface area contributed by atoms with Gasteiger partial charge in [0.1, 0.15) is 5.75 Å². The summed E-state index contributed by atoms with van der Waals surface area (Å²) < 4.78 is 35.2. The molecule has 0 saturated heterocycles. The number of benzene rings is 3. The van der Waals surface area contributed by atoms with Gasteiger partial charge in [-0.25, -0.2) is 0 Å². The number of hydrogen-bond acceptors (Lipinski definition) is 5. The van der Waals surface area contributed by atoms with Crippen LogP contribution in [0.25, 0.3) is 22.9 Å². The molecule has 1 N–H and O–H groups in total. The highest BCUT2D eigenvalue weighted by Gasteiger charge is 2.14. The summed E-state index contributed by atoms with van der Waals surface area (Å²) in [5.74, 6) is 0.130. The van der Waals surface area contributed by atoms with Crippen LogP contribution in [0.4, 0.5) is 14.5 Å². The van der Waals surface area contributed by atoms with Crippen molar-refractivity contribution in [1.82, 2.24) is 10.2 Å². The first-order valence-corrected chi connectivity index (χ1v) is 9.36. The van der Waals surface area contributed by atoms with Gasteiger partial charge in [-0.15, -0.1) is 10.2 Å². The van der Waals surface area contributed by atoms with E-state index in [1.165, 1.54) is 18.2 Å². The number of alkyl halides is 2. The van der Waals surface area contributed by atoms with Gasteiger partial charge in [-0.3, -0.25) is 4.79 Å². The molecule has 0 aliphatic rings. The molecule has 1 aromatic heterocycles. The van der Waals surface area contributed by atoms with Gasteiger partial charge in [-0.2, -0.15) is 8.78 Å². The van der Waals surface area contributed by atoms with Crippen molar-refractivity contribution in [3.63, 3.8) is 0 Å². The normalized spacial score (nSPS) is 10.8. The van der Waals surface area contributed by atoms with Gasteiger partial charge in [-0.1, -0.05) is 29.8 Å². The van der Waals surface area contributed by atoms with E-state index in [1.807, 2.05) is 31.2 Å². The number of anilines is 1. The van der Waals surface area contributed by atoms with Crippen LogP contribution in [0.15, 0.2) is 77.2 Å². The van der Waals surface area contributed by atoms with Crippen LogP contribution in [0.1, 0.15) is 15.9 Å². The fourth-order valence-corrected chi connectivity index (χ4v) is 2.88. The van der Waals surface area contributed by atoms with Gasteiger partial charge in [0, 0.05) is 16.7 Å². The smallest absolute Gasteiger partial charge is 0.387 e. The maximum atomic E-state index is 12.5. The molecule has 31 heavy (non-hydrogen) atoms. The minimum Gasteiger partial charge on any atom is -0.433 e. The Morgan fingerprint density at radius 3 is 2.10 bits per heavy atom. The molecule has 0 bridgehead atoms. The van der Waals surface area contributed by atoms with Crippen molar-refractivity contribution in [2.24, 2.45) is 0 Å². The number of nitrogens with zero attached hydrogens (tertiary/aromatic N) is 2. The molecule has 156 valence electrons. The Balaban J connectivity index is 1.49. The number of ether oxygens (including phenoxy) is 1. The summed E-state index contributed by atoms with van der Waals surface area (Å²) in [6.07, 6.45) is 0. The summed E-state index contributed by atoms with van der Waals surface area (Å²) in [6, 6.07) is 20.2. The molecule has 8 heteroatoms. The van der Waals surface area contributed by atoms with Gasteiger partial charge in [0.2, 0.25) is 11.8 Å². The lowest BCUT2D eigenvalue weighted by atomic mass is 10.1. The standard InChI is InChI=1S/C23H17F2N3O3/c1-14-6-8-16(9-7-14)21-27-28-22(31-21)17-12-10-15(11-13-17)20(29)26-18-4-2-3-5-19(18)30-23(24)25/h2-13,23H,1H3,(H,26,29). The fraction of sp³-hybridized carbons (Fsp3) is 0.0870. The van der Waals surface area contributed by atoms with Gasteiger partial charge in [0.05, 0.1) is 5.69 Å². The topological polar surface area (TPSA) is 77.2 Å². The Morgan fingerprint density at radius 2 is 1.48 bits per heavy atom. The summed E-state index contributed by atoms with van der Waals surface area (Å²) >= 11 is 0. The average molecular weight is 421 g/mol. The Kier molecular flexibility index (Phi) is 5.70. The number of rotatable bonds is 6. The molecule has 0 aliphatic heterocycles.